The van der Waals surface area contributed by atoms with E-state index in [-0.39, 0.29) is 17.2 Å². The molecule has 1 N–H and O–H groups in total. The SMILES string of the molecule is COc1nccc2nc(-c3ccccc3O)n(CCc3ccccc3)c(=O)c12. The van der Waals surface area contributed by atoms with Gasteiger partial charge in [-0.1, -0.05) is 42.5 Å². The summed E-state index contributed by atoms with van der Waals surface area (Å²) in [6, 6.07) is 18.5. The first-order chi connectivity index (χ1) is 13.7. The maximum absolute atomic E-state index is 13.4. The maximum Gasteiger partial charge on any atom is 0.267 e. The molecule has 2 aromatic heterocycles. The van der Waals surface area contributed by atoms with Crippen molar-refractivity contribution < 1.29 is 9.84 Å². The molecule has 0 fully saturated rings. The van der Waals surface area contributed by atoms with Gasteiger partial charge in [0.2, 0.25) is 5.88 Å². The van der Waals surface area contributed by atoms with Gasteiger partial charge in [0.25, 0.3) is 5.56 Å². The van der Waals surface area contributed by atoms with E-state index in [0.717, 1.165) is 5.56 Å². The van der Waals surface area contributed by atoms with Crippen molar-refractivity contribution in [2.45, 2.75) is 13.0 Å². The number of phenolic OH excluding ortho intramolecular Hbond substituents is 1. The zero-order valence-electron chi connectivity index (χ0n) is 15.4. The number of aromatic nitrogens is 3. The highest BCUT2D eigenvalue weighted by Crippen LogP contribution is 2.29. The van der Waals surface area contributed by atoms with Gasteiger partial charge in [-0.15, -0.1) is 0 Å². The first-order valence-corrected chi connectivity index (χ1v) is 8.95. The number of methoxy groups -OCH3 is 1. The molecule has 0 saturated carbocycles. The van der Waals surface area contributed by atoms with Crippen LogP contribution in [-0.2, 0) is 13.0 Å². The van der Waals surface area contributed by atoms with Crippen molar-refractivity contribution >= 4 is 10.9 Å². The van der Waals surface area contributed by atoms with Crippen LogP contribution in [-0.4, -0.2) is 26.8 Å². The predicted octanol–water partition coefficient (Wildman–Crippen LogP) is 3.42. The highest BCUT2D eigenvalue weighted by atomic mass is 16.5. The molecule has 0 amide bonds. The Morgan fingerprint density at radius 2 is 1.79 bits per heavy atom. The highest BCUT2D eigenvalue weighted by Gasteiger charge is 2.18. The first-order valence-electron chi connectivity index (χ1n) is 8.95. The smallest absolute Gasteiger partial charge is 0.267 e. The van der Waals surface area contributed by atoms with Crippen LogP contribution in [0.2, 0.25) is 0 Å². The van der Waals surface area contributed by atoms with E-state index < -0.39 is 0 Å². The number of ether oxygens (including phenoxy) is 1. The van der Waals surface area contributed by atoms with Gasteiger partial charge >= 0.3 is 0 Å². The summed E-state index contributed by atoms with van der Waals surface area (Å²) >= 11 is 0. The molecule has 0 unspecified atom stereocenters. The van der Waals surface area contributed by atoms with Gasteiger partial charge in [0, 0.05) is 12.7 Å². The summed E-state index contributed by atoms with van der Waals surface area (Å²) in [5, 5.41) is 10.7. The number of aromatic hydroxyl groups is 1. The lowest BCUT2D eigenvalue weighted by Crippen LogP contribution is -2.25. The molecule has 0 atom stereocenters. The van der Waals surface area contributed by atoms with Crippen molar-refractivity contribution in [3.63, 3.8) is 0 Å². The number of pyridine rings is 1. The summed E-state index contributed by atoms with van der Waals surface area (Å²) in [7, 11) is 1.48. The Morgan fingerprint density at radius 1 is 1.04 bits per heavy atom. The van der Waals surface area contributed by atoms with Crippen LogP contribution < -0.4 is 10.3 Å². The maximum atomic E-state index is 13.4. The quantitative estimate of drug-likeness (QED) is 0.580. The molecule has 0 aliphatic carbocycles. The molecule has 6 nitrogen and oxygen atoms in total. The number of fused-ring (bicyclic) bond motifs is 1. The Kier molecular flexibility index (Phi) is 4.76. The Hall–Kier alpha value is -3.67. The molecule has 0 radical (unpaired) electrons. The number of benzene rings is 2. The van der Waals surface area contributed by atoms with Crippen LogP contribution in [0.15, 0.2) is 71.7 Å². The number of phenols is 1. The Labute approximate surface area is 161 Å². The second kappa shape index (κ2) is 7.52. The van der Waals surface area contributed by atoms with Crippen molar-refractivity contribution in [3.8, 4) is 23.0 Å². The molecule has 2 heterocycles. The average molecular weight is 373 g/mol. The van der Waals surface area contributed by atoms with Crippen LogP contribution in [0.3, 0.4) is 0 Å². The average Bonchev–Trinajstić information content (AvgIpc) is 2.73. The zero-order chi connectivity index (χ0) is 19.5. The standard InChI is InChI=1S/C22H19N3O3/c1-28-21-19-17(11-13-23-21)24-20(16-9-5-6-10-18(16)26)25(22(19)27)14-12-15-7-3-2-4-8-15/h2-11,13,26H,12,14H2,1H3. The fourth-order valence-corrected chi connectivity index (χ4v) is 3.25. The Morgan fingerprint density at radius 3 is 2.54 bits per heavy atom. The van der Waals surface area contributed by atoms with Crippen LogP contribution in [0.5, 0.6) is 11.6 Å². The molecule has 0 bridgehead atoms. The minimum absolute atomic E-state index is 0.0724. The number of aryl methyl sites for hydroxylation is 1. The fraction of sp³-hybridized carbons (Fsp3) is 0.136. The van der Waals surface area contributed by atoms with Crippen molar-refractivity contribution in [2.24, 2.45) is 0 Å². The molecular formula is C22H19N3O3. The predicted molar refractivity (Wildman–Crippen MR) is 108 cm³/mol. The molecule has 0 aliphatic rings. The fourth-order valence-electron chi connectivity index (χ4n) is 3.25. The Bertz CT molecular complexity index is 1190. The van der Waals surface area contributed by atoms with Crippen LogP contribution in [0.1, 0.15) is 5.56 Å². The molecule has 4 aromatic rings. The number of para-hydroxylation sites is 1. The molecule has 0 aliphatic heterocycles. The van der Waals surface area contributed by atoms with Gasteiger partial charge in [-0.05, 0) is 30.2 Å². The Balaban J connectivity index is 1.93. The van der Waals surface area contributed by atoms with Crippen molar-refractivity contribution in [1.29, 1.82) is 0 Å². The largest absolute Gasteiger partial charge is 0.507 e. The van der Waals surface area contributed by atoms with Gasteiger partial charge < -0.3 is 9.84 Å². The van der Waals surface area contributed by atoms with E-state index in [4.69, 9.17) is 4.74 Å². The third-order valence-electron chi connectivity index (χ3n) is 4.64. The lowest BCUT2D eigenvalue weighted by atomic mass is 10.1. The number of rotatable bonds is 5. The third kappa shape index (κ3) is 3.20. The summed E-state index contributed by atoms with van der Waals surface area (Å²) < 4.78 is 6.86. The highest BCUT2D eigenvalue weighted by molar-refractivity contribution is 5.84. The van der Waals surface area contributed by atoms with E-state index >= 15 is 0 Å². The van der Waals surface area contributed by atoms with E-state index in [2.05, 4.69) is 9.97 Å². The van der Waals surface area contributed by atoms with Gasteiger partial charge in [0.15, 0.2) is 0 Å². The van der Waals surface area contributed by atoms with Crippen LogP contribution in [0, 0.1) is 0 Å². The lowest BCUT2D eigenvalue weighted by Gasteiger charge is -2.15. The molecule has 140 valence electrons. The van der Waals surface area contributed by atoms with Gasteiger partial charge in [0.05, 0.1) is 18.2 Å². The van der Waals surface area contributed by atoms with E-state index in [1.165, 1.54) is 7.11 Å². The van der Waals surface area contributed by atoms with E-state index in [1.807, 2.05) is 30.3 Å². The van der Waals surface area contributed by atoms with E-state index in [9.17, 15) is 9.90 Å². The molecule has 6 heteroatoms. The topological polar surface area (TPSA) is 77.2 Å². The summed E-state index contributed by atoms with van der Waals surface area (Å²) in [5.41, 5.74) is 1.84. The van der Waals surface area contributed by atoms with Gasteiger partial charge in [0.1, 0.15) is 17.0 Å². The number of hydrogen-bond donors (Lipinski definition) is 1. The molecule has 4 rings (SSSR count). The first kappa shape index (κ1) is 17.7. The summed E-state index contributed by atoms with van der Waals surface area (Å²) in [6.07, 6.45) is 2.20. The van der Waals surface area contributed by atoms with Crippen molar-refractivity contribution in [3.05, 3.63) is 82.8 Å². The summed E-state index contributed by atoms with van der Waals surface area (Å²) in [4.78, 5) is 22.2. The van der Waals surface area contributed by atoms with Gasteiger partial charge in [-0.2, -0.15) is 0 Å². The van der Waals surface area contributed by atoms with Gasteiger partial charge in [-0.3, -0.25) is 9.36 Å². The molecular weight excluding hydrogens is 354 g/mol. The second-order valence-corrected chi connectivity index (χ2v) is 6.36. The van der Waals surface area contributed by atoms with Crippen molar-refractivity contribution in [2.75, 3.05) is 7.11 Å². The summed E-state index contributed by atoms with van der Waals surface area (Å²) in [6.45, 7) is 0.410. The minimum atomic E-state index is -0.246. The monoisotopic (exact) mass is 373 g/mol. The van der Waals surface area contributed by atoms with Crippen LogP contribution in [0.4, 0.5) is 0 Å². The van der Waals surface area contributed by atoms with E-state index in [0.29, 0.717) is 35.3 Å². The molecule has 28 heavy (non-hydrogen) atoms. The summed E-state index contributed by atoms with van der Waals surface area (Å²) in [5.74, 6) is 0.732. The van der Waals surface area contributed by atoms with Crippen molar-refractivity contribution in [1.82, 2.24) is 14.5 Å². The van der Waals surface area contributed by atoms with Crippen LogP contribution in [0.25, 0.3) is 22.3 Å². The van der Waals surface area contributed by atoms with Crippen LogP contribution >= 0.6 is 0 Å². The second-order valence-electron chi connectivity index (χ2n) is 6.36. The van der Waals surface area contributed by atoms with Gasteiger partial charge in [-0.25, -0.2) is 9.97 Å². The minimum Gasteiger partial charge on any atom is -0.507 e. The third-order valence-corrected chi connectivity index (χ3v) is 4.64. The molecule has 0 spiro atoms. The molecule has 2 aromatic carbocycles. The normalized spacial score (nSPS) is 10.9. The lowest BCUT2D eigenvalue weighted by molar-refractivity contribution is 0.402. The number of hydrogen-bond acceptors (Lipinski definition) is 5. The zero-order valence-corrected chi connectivity index (χ0v) is 15.4. The van der Waals surface area contributed by atoms with E-state index in [1.54, 1.807) is 41.1 Å². The molecule has 0 saturated heterocycles. The number of nitrogens with zero attached hydrogens (tertiary/aromatic N) is 3.